The second kappa shape index (κ2) is 7.06. The normalized spacial score (nSPS) is 12.2. The van der Waals surface area contributed by atoms with Crippen molar-refractivity contribution in [2.45, 2.75) is 27.7 Å². The van der Waals surface area contributed by atoms with Crippen LogP contribution in [0.1, 0.15) is 43.6 Å². The first kappa shape index (κ1) is 16.2. The zero-order chi connectivity index (χ0) is 15.2. The monoisotopic (exact) mass is 274 g/mol. The molecule has 2 N–H and O–H groups in total. The van der Waals surface area contributed by atoms with Crippen molar-refractivity contribution in [2.75, 3.05) is 13.2 Å². The van der Waals surface area contributed by atoms with Gasteiger partial charge in [0.15, 0.2) is 0 Å². The van der Waals surface area contributed by atoms with Gasteiger partial charge in [-0.15, -0.1) is 0 Å². The molecule has 0 saturated carbocycles. The van der Waals surface area contributed by atoms with Crippen molar-refractivity contribution in [3.8, 4) is 11.8 Å². The van der Waals surface area contributed by atoms with Crippen LogP contribution in [0.15, 0.2) is 18.5 Å². The van der Waals surface area contributed by atoms with Crippen LogP contribution in [-0.4, -0.2) is 29.1 Å². The molecule has 1 amide bonds. The van der Waals surface area contributed by atoms with Gasteiger partial charge in [-0.05, 0) is 17.4 Å². The second-order valence-electron chi connectivity index (χ2n) is 5.86. The molecule has 1 atom stereocenters. The average molecular weight is 274 g/mol. The van der Waals surface area contributed by atoms with Crippen LogP contribution >= 0.6 is 0 Å². The Morgan fingerprint density at radius 3 is 2.80 bits per heavy atom. The van der Waals surface area contributed by atoms with E-state index >= 15 is 0 Å². The number of hydrogen-bond donors (Lipinski definition) is 2. The Morgan fingerprint density at radius 2 is 2.20 bits per heavy atom. The number of aliphatic hydroxyl groups is 1. The average Bonchev–Trinajstić information content (AvgIpc) is 2.41. The largest absolute Gasteiger partial charge is 0.384 e. The number of pyridine rings is 1. The summed E-state index contributed by atoms with van der Waals surface area (Å²) in [7, 11) is 0. The third-order valence-corrected chi connectivity index (χ3v) is 3.42. The lowest BCUT2D eigenvalue weighted by atomic mass is 9.82. The smallest absolute Gasteiger partial charge is 0.252 e. The Balaban J connectivity index is 2.78. The fourth-order valence-corrected chi connectivity index (χ4v) is 1.47. The number of aromatic nitrogens is 1. The summed E-state index contributed by atoms with van der Waals surface area (Å²) in [5.74, 6) is 5.47. The Bertz CT molecular complexity index is 521. The molecule has 0 aromatic carbocycles. The van der Waals surface area contributed by atoms with Crippen LogP contribution in [-0.2, 0) is 0 Å². The zero-order valence-electron chi connectivity index (χ0n) is 12.5. The molecular weight excluding hydrogens is 252 g/mol. The van der Waals surface area contributed by atoms with Gasteiger partial charge in [0, 0.05) is 18.9 Å². The van der Waals surface area contributed by atoms with E-state index in [1.807, 2.05) is 0 Å². The molecule has 0 fully saturated rings. The number of aliphatic hydroxyl groups excluding tert-OH is 1. The third-order valence-electron chi connectivity index (χ3n) is 3.42. The standard InChI is InChI=1S/C16H22N2O2/c1-12(16(2,3)4)10-18-15(20)14-7-8-17-11-13(14)6-5-9-19/h7-8,11-12,19H,9-10H2,1-4H3,(H,18,20). The lowest BCUT2D eigenvalue weighted by Crippen LogP contribution is -2.34. The quantitative estimate of drug-likeness (QED) is 0.827. The van der Waals surface area contributed by atoms with E-state index in [2.05, 4.69) is 49.8 Å². The third kappa shape index (κ3) is 4.67. The van der Waals surface area contributed by atoms with E-state index in [1.54, 1.807) is 12.3 Å². The minimum atomic E-state index is -0.239. The number of rotatable bonds is 3. The number of carbonyl (C=O) groups excluding carboxylic acids is 1. The van der Waals surface area contributed by atoms with Crippen LogP contribution < -0.4 is 5.32 Å². The molecule has 0 aliphatic heterocycles. The SMILES string of the molecule is CC(CNC(=O)c1ccncc1C#CCO)C(C)(C)C. The Labute approximate surface area is 120 Å². The fraction of sp³-hybridized carbons (Fsp3) is 0.500. The molecule has 20 heavy (non-hydrogen) atoms. The molecule has 1 aromatic heterocycles. The van der Waals surface area contributed by atoms with Gasteiger partial charge in [0.25, 0.3) is 5.91 Å². The Hall–Kier alpha value is -1.86. The summed E-state index contributed by atoms with van der Waals surface area (Å²) in [6.45, 7) is 8.92. The van der Waals surface area contributed by atoms with Gasteiger partial charge in [-0.3, -0.25) is 9.78 Å². The number of nitrogens with zero attached hydrogens (tertiary/aromatic N) is 1. The molecule has 108 valence electrons. The summed E-state index contributed by atoms with van der Waals surface area (Å²) in [5.41, 5.74) is 1.16. The van der Waals surface area contributed by atoms with Crippen molar-refractivity contribution >= 4 is 5.91 Å². The van der Waals surface area contributed by atoms with Crippen LogP contribution in [0.5, 0.6) is 0 Å². The van der Waals surface area contributed by atoms with Gasteiger partial charge in [0.1, 0.15) is 6.61 Å². The van der Waals surface area contributed by atoms with E-state index in [1.165, 1.54) is 6.20 Å². The van der Waals surface area contributed by atoms with Crippen molar-refractivity contribution in [2.24, 2.45) is 11.3 Å². The number of nitrogens with one attached hydrogen (secondary N) is 1. The molecule has 1 unspecified atom stereocenters. The first-order chi connectivity index (χ1) is 9.36. The van der Waals surface area contributed by atoms with Crippen molar-refractivity contribution in [3.05, 3.63) is 29.6 Å². The lowest BCUT2D eigenvalue weighted by Gasteiger charge is -2.27. The van der Waals surface area contributed by atoms with Gasteiger partial charge >= 0.3 is 0 Å². The zero-order valence-corrected chi connectivity index (χ0v) is 12.5. The summed E-state index contributed by atoms with van der Waals surface area (Å²) >= 11 is 0. The van der Waals surface area contributed by atoms with Crippen LogP contribution in [0.3, 0.4) is 0 Å². The molecule has 0 spiro atoms. The fourth-order valence-electron chi connectivity index (χ4n) is 1.47. The van der Waals surface area contributed by atoms with Crippen molar-refractivity contribution in [1.82, 2.24) is 10.3 Å². The predicted molar refractivity (Wildman–Crippen MR) is 79.2 cm³/mol. The summed E-state index contributed by atoms with van der Waals surface area (Å²) in [4.78, 5) is 16.1. The summed E-state index contributed by atoms with van der Waals surface area (Å²) in [6.07, 6.45) is 3.09. The number of carbonyl (C=O) groups is 1. The van der Waals surface area contributed by atoms with E-state index in [0.29, 0.717) is 23.6 Å². The van der Waals surface area contributed by atoms with E-state index in [9.17, 15) is 4.79 Å². The molecule has 4 heteroatoms. The highest BCUT2D eigenvalue weighted by molar-refractivity contribution is 5.96. The highest BCUT2D eigenvalue weighted by atomic mass is 16.2. The van der Waals surface area contributed by atoms with Crippen LogP contribution in [0, 0.1) is 23.2 Å². The topological polar surface area (TPSA) is 62.2 Å². The number of amides is 1. The molecule has 0 radical (unpaired) electrons. The lowest BCUT2D eigenvalue weighted by molar-refractivity contribution is 0.0936. The van der Waals surface area contributed by atoms with E-state index in [0.717, 1.165) is 0 Å². The molecule has 1 aromatic rings. The molecule has 0 bridgehead atoms. The summed E-state index contributed by atoms with van der Waals surface area (Å²) < 4.78 is 0. The highest BCUT2D eigenvalue weighted by Crippen LogP contribution is 2.24. The molecule has 1 rings (SSSR count). The maximum atomic E-state index is 12.2. The van der Waals surface area contributed by atoms with Crippen molar-refractivity contribution in [1.29, 1.82) is 0 Å². The Morgan fingerprint density at radius 1 is 1.50 bits per heavy atom. The maximum Gasteiger partial charge on any atom is 0.252 e. The molecule has 0 aliphatic rings. The molecule has 4 nitrogen and oxygen atoms in total. The summed E-state index contributed by atoms with van der Waals surface area (Å²) in [5, 5.41) is 11.7. The van der Waals surface area contributed by atoms with Gasteiger partial charge in [-0.1, -0.05) is 39.5 Å². The van der Waals surface area contributed by atoms with Gasteiger partial charge < -0.3 is 10.4 Å². The number of hydrogen-bond acceptors (Lipinski definition) is 3. The minimum Gasteiger partial charge on any atom is -0.384 e. The van der Waals surface area contributed by atoms with Crippen LogP contribution in [0.2, 0.25) is 0 Å². The van der Waals surface area contributed by atoms with Gasteiger partial charge in [-0.2, -0.15) is 0 Å². The van der Waals surface area contributed by atoms with Gasteiger partial charge in [0.2, 0.25) is 0 Å². The van der Waals surface area contributed by atoms with Crippen molar-refractivity contribution < 1.29 is 9.90 Å². The van der Waals surface area contributed by atoms with E-state index in [4.69, 9.17) is 5.11 Å². The first-order valence-electron chi connectivity index (χ1n) is 6.68. The van der Waals surface area contributed by atoms with Gasteiger partial charge in [-0.25, -0.2) is 0 Å². The van der Waals surface area contributed by atoms with E-state index < -0.39 is 0 Å². The first-order valence-corrected chi connectivity index (χ1v) is 6.68. The second-order valence-corrected chi connectivity index (χ2v) is 5.86. The van der Waals surface area contributed by atoms with Gasteiger partial charge in [0.05, 0.1) is 11.1 Å². The van der Waals surface area contributed by atoms with Crippen LogP contribution in [0.25, 0.3) is 0 Å². The minimum absolute atomic E-state index is 0.144. The Kier molecular flexibility index (Phi) is 5.72. The van der Waals surface area contributed by atoms with E-state index in [-0.39, 0.29) is 17.9 Å². The van der Waals surface area contributed by atoms with Crippen molar-refractivity contribution in [3.63, 3.8) is 0 Å². The van der Waals surface area contributed by atoms with Crippen LogP contribution in [0.4, 0.5) is 0 Å². The predicted octanol–water partition coefficient (Wildman–Crippen LogP) is 1.84. The summed E-state index contributed by atoms with van der Waals surface area (Å²) in [6, 6.07) is 1.64. The molecule has 0 saturated heterocycles. The molecule has 0 aliphatic carbocycles. The molecular formula is C16H22N2O2. The molecule has 1 heterocycles. The highest BCUT2D eigenvalue weighted by Gasteiger charge is 2.21. The maximum absolute atomic E-state index is 12.2.